The number of sulfonamides is 1. The normalized spacial score (nSPS) is 15.5. The smallest absolute Gasteiger partial charge is 0.248 e. The fraction of sp³-hybridized carbons (Fsp3) is 0.357. The number of amides is 1. The summed E-state index contributed by atoms with van der Waals surface area (Å²) in [6.45, 7) is 10.2. The lowest BCUT2D eigenvalue weighted by atomic mass is 9.97. The number of aryl methyl sites for hydroxylation is 5. The largest absolute Gasteiger partial charge is 0.355 e. The van der Waals surface area contributed by atoms with Crippen LogP contribution in [0.3, 0.4) is 0 Å². The topological polar surface area (TPSA) is 92.5 Å². The van der Waals surface area contributed by atoms with E-state index in [-0.39, 0.29) is 35.6 Å². The van der Waals surface area contributed by atoms with Gasteiger partial charge in [-0.15, -0.1) is 0 Å². The second kappa shape index (κ2) is 10.4. The number of hydrogen-bond acceptors (Lipinski definition) is 5. The van der Waals surface area contributed by atoms with Gasteiger partial charge in [0.15, 0.2) is 10.7 Å². The highest BCUT2D eigenvalue weighted by molar-refractivity contribution is 7.89. The van der Waals surface area contributed by atoms with E-state index in [4.69, 9.17) is 4.52 Å². The van der Waals surface area contributed by atoms with Gasteiger partial charge in [0.1, 0.15) is 5.69 Å². The van der Waals surface area contributed by atoms with Gasteiger partial charge in [0.2, 0.25) is 15.9 Å². The lowest BCUT2D eigenvalue weighted by molar-refractivity contribution is -0.120. The number of nitrogens with zero attached hydrogens (tertiary/aromatic N) is 2. The standard InChI is InChI=1S/C28H33N3O4S/c1-18-16-20(3)24(21(4)17-18)10-11-26-27(22(5)30-35-26)36(33,34)31-14-12-23(13-15-31)28(32)29-25-9-7-6-8-19(25)2/h6-11,16-17,23H,12-15H2,1-5H3,(H,29,32)/b11-10+. The van der Waals surface area contributed by atoms with Crippen LogP contribution in [0.5, 0.6) is 0 Å². The van der Waals surface area contributed by atoms with Crippen molar-refractivity contribution in [2.75, 3.05) is 18.4 Å². The predicted molar refractivity (Wildman–Crippen MR) is 142 cm³/mol. The van der Waals surface area contributed by atoms with E-state index in [1.165, 1.54) is 9.87 Å². The van der Waals surface area contributed by atoms with E-state index in [1.807, 2.05) is 58.0 Å². The van der Waals surface area contributed by atoms with E-state index in [0.29, 0.717) is 18.5 Å². The Balaban J connectivity index is 1.49. The van der Waals surface area contributed by atoms with Crippen molar-refractivity contribution in [2.45, 2.75) is 52.4 Å². The molecule has 0 radical (unpaired) electrons. The molecule has 1 N–H and O–H groups in total. The summed E-state index contributed by atoms with van der Waals surface area (Å²) in [6.07, 6.45) is 4.47. The zero-order valence-electron chi connectivity index (χ0n) is 21.5. The second-order valence-electron chi connectivity index (χ2n) is 9.59. The lowest BCUT2D eigenvalue weighted by Gasteiger charge is -2.30. The number of para-hydroxylation sites is 1. The van der Waals surface area contributed by atoms with E-state index in [0.717, 1.165) is 27.9 Å². The number of hydrogen-bond donors (Lipinski definition) is 1. The van der Waals surface area contributed by atoms with Crippen molar-refractivity contribution >= 4 is 33.8 Å². The molecule has 1 aromatic heterocycles. The molecule has 7 nitrogen and oxygen atoms in total. The third-order valence-corrected chi connectivity index (χ3v) is 8.86. The molecule has 2 aromatic carbocycles. The molecule has 4 rings (SSSR count). The van der Waals surface area contributed by atoms with Crippen LogP contribution in [-0.2, 0) is 14.8 Å². The maximum atomic E-state index is 13.6. The Morgan fingerprint density at radius 2 is 1.64 bits per heavy atom. The van der Waals surface area contributed by atoms with Gasteiger partial charge in [-0.3, -0.25) is 4.79 Å². The molecule has 0 saturated carbocycles. The minimum atomic E-state index is -3.83. The number of anilines is 1. The molecule has 36 heavy (non-hydrogen) atoms. The molecule has 0 spiro atoms. The highest BCUT2D eigenvalue weighted by Gasteiger charge is 2.36. The highest BCUT2D eigenvalue weighted by Crippen LogP contribution is 2.30. The van der Waals surface area contributed by atoms with Gasteiger partial charge in [0.05, 0.1) is 0 Å². The van der Waals surface area contributed by atoms with Crippen LogP contribution in [0.25, 0.3) is 12.2 Å². The van der Waals surface area contributed by atoms with Crippen LogP contribution >= 0.6 is 0 Å². The molecule has 1 aliphatic heterocycles. The quantitative estimate of drug-likeness (QED) is 0.481. The van der Waals surface area contributed by atoms with Gasteiger partial charge >= 0.3 is 0 Å². The zero-order valence-corrected chi connectivity index (χ0v) is 22.3. The van der Waals surface area contributed by atoms with Gasteiger partial charge in [0, 0.05) is 24.7 Å². The first-order valence-electron chi connectivity index (χ1n) is 12.2. The minimum Gasteiger partial charge on any atom is -0.355 e. The molecule has 0 bridgehead atoms. The van der Waals surface area contributed by atoms with Crippen LogP contribution in [0.1, 0.15) is 52.1 Å². The third kappa shape index (κ3) is 5.29. The van der Waals surface area contributed by atoms with E-state index >= 15 is 0 Å². The molecule has 1 amide bonds. The summed E-state index contributed by atoms with van der Waals surface area (Å²) in [5.41, 5.74) is 6.52. The summed E-state index contributed by atoms with van der Waals surface area (Å²) >= 11 is 0. The number of nitrogens with one attached hydrogen (secondary N) is 1. The Bertz CT molecular complexity index is 1390. The van der Waals surface area contributed by atoms with Crippen molar-refractivity contribution in [3.05, 3.63) is 75.7 Å². The molecule has 0 atom stereocenters. The monoisotopic (exact) mass is 507 g/mol. The van der Waals surface area contributed by atoms with E-state index in [1.54, 1.807) is 13.0 Å². The van der Waals surface area contributed by atoms with Gasteiger partial charge in [0.25, 0.3) is 0 Å². The summed E-state index contributed by atoms with van der Waals surface area (Å²) < 4.78 is 34.0. The SMILES string of the molecule is Cc1cc(C)c(/C=C/c2onc(C)c2S(=O)(=O)N2CCC(C(=O)Nc3ccccc3C)CC2)c(C)c1. The van der Waals surface area contributed by atoms with Gasteiger partial charge < -0.3 is 9.84 Å². The fourth-order valence-electron chi connectivity index (χ4n) is 4.85. The molecule has 1 fully saturated rings. The number of aromatic nitrogens is 1. The molecule has 190 valence electrons. The van der Waals surface area contributed by atoms with Crippen LogP contribution in [-0.4, -0.2) is 36.9 Å². The van der Waals surface area contributed by atoms with Crippen molar-refractivity contribution in [2.24, 2.45) is 5.92 Å². The predicted octanol–water partition coefficient (Wildman–Crippen LogP) is 5.43. The molecule has 1 aliphatic rings. The Morgan fingerprint density at radius 1 is 1.00 bits per heavy atom. The third-order valence-electron chi connectivity index (χ3n) is 6.80. The number of carbonyl (C=O) groups excluding carboxylic acids is 1. The van der Waals surface area contributed by atoms with Crippen LogP contribution in [0.15, 0.2) is 45.8 Å². The minimum absolute atomic E-state index is 0.0741. The maximum absolute atomic E-state index is 13.6. The first kappa shape index (κ1) is 25.9. The summed E-state index contributed by atoms with van der Waals surface area (Å²) in [5, 5.41) is 6.93. The molecule has 0 unspecified atom stereocenters. The Morgan fingerprint density at radius 3 is 2.28 bits per heavy atom. The Kier molecular flexibility index (Phi) is 7.47. The van der Waals surface area contributed by atoms with Crippen LogP contribution < -0.4 is 5.32 Å². The van der Waals surface area contributed by atoms with Crippen LogP contribution in [0.2, 0.25) is 0 Å². The van der Waals surface area contributed by atoms with Crippen molar-refractivity contribution in [1.82, 2.24) is 9.46 Å². The van der Waals surface area contributed by atoms with Crippen LogP contribution in [0.4, 0.5) is 5.69 Å². The summed E-state index contributed by atoms with van der Waals surface area (Å²) in [4.78, 5) is 12.9. The average molecular weight is 508 g/mol. The summed E-state index contributed by atoms with van der Waals surface area (Å²) in [5.74, 6) is -0.104. The lowest BCUT2D eigenvalue weighted by Crippen LogP contribution is -2.41. The van der Waals surface area contributed by atoms with Crippen molar-refractivity contribution in [3.63, 3.8) is 0 Å². The number of piperidine rings is 1. The number of benzene rings is 2. The summed E-state index contributed by atoms with van der Waals surface area (Å²) in [6, 6.07) is 11.8. The highest BCUT2D eigenvalue weighted by atomic mass is 32.2. The Hall–Kier alpha value is -3.23. The number of carbonyl (C=O) groups is 1. The second-order valence-corrected chi connectivity index (χ2v) is 11.5. The molecule has 1 saturated heterocycles. The van der Waals surface area contributed by atoms with E-state index in [2.05, 4.69) is 22.6 Å². The van der Waals surface area contributed by atoms with E-state index in [9.17, 15) is 13.2 Å². The van der Waals surface area contributed by atoms with Crippen molar-refractivity contribution in [1.29, 1.82) is 0 Å². The van der Waals surface area contributed by atoms with Gasteiger partial charge in [-0.25, -0.2) is 8.42 Å². The fourth-order valence-corrected chi connectivity index (χ4v) is 6.57. The maximum Gasteiger partial charge on any atom is 0.248 e. The molecular weight excluding hydrogens is 474 g/mol. The summed E-state index contributed by atoms with van der Waals surface area (Å²) in [7, 11) is -3.83. The first-order chi connectivity index (χ1) is 17.1. The zero-order chi connectivity index (χ0) is 26.0. The number of rotatable bonds is 6. The van der Waals surface area contributed by atoms with Crippen molar-refractivity contribution in [3.8, 4) is 0 Å². The van der Waals surface area contributed by atoms with E-state index < -0.39 is 10.0 Å². The first-order valence-corrected chi connectivity index (χ1v) is 13.6. The Labute approximate surface area is 213 Å². The van der Waals surface area contributed by atoms with Gasteiger partial charge in [-0.1, -0.05) is 47.1 Å². The molecule has 8 heteroatoms. The van der Waals surface area contributed by atoms with Gasteiger partial charge in [-0.2, -0.15) is 4.31 Å². The molecule has 0 aliphatic carbocycles. The van der Waals surface area contributed by atoms with Crippen molar-refractivity contribution < 1.29 is 17.7 Å². The van der Waals surface area contributed by atoms with Gasteiger partial charge in [-0.05, 0) is 81.9 Å². The molecule has 2 heterocycles. The average Bonchev–Trinajstić information content (AvgIpc) is 3.21. The molecule has 3 aromatic rings. The van der Waals surface area contributed by atoms with Crippen LogP contribution in [0, 0.1) is 40.5 Å². The molecular formula is C28H33N3O4S.